The maximum absolute atomic E-state index is 9.68. The fourth-order valence-electron chi connectivity index (χ4n) is 0.796. The molecular formula is C12H22O2. The molecule has 0 heterocycles. The molecule has 0 radical (unpaired) electrons. The van der Waals surface area contributed by atoms with Crippen LogP contribution in [0.4, 0.5) is 0 Å². The first-order valence-corrected chi connectivity index (χ1v) is 5.37. The van der Waals surface area contributed by atoms with Gasteiger partial charge in [-0.15, -0.1) is 0 Å². The predicted octanol–water partition coefficient (Wildman–Crippen LogP) is 3.31. The van der Waals surface area contributed by atoms with Crippen molar-refractivity contribution in [3.8, 4) is 0 Å². The molecule has 0 aliphatic rings. The molecule has 14 heavy (non-hydrogen) atoms. The zero-order valence-electron chi connectivity index (χ0n) is 9.37. The van der Waals surface area contributed by atoms with Gasteiger partial charge in [0.05, 0.1) is 0 Å². The summed E-state index contributed by atoms with van der Waals surface area (Å²) in [5, 5.41) is 0. The molecule has 0 saturated heterocycles. The van der Waals surface area contributed by atoms with Gasteiger partial charge in [-0.1, -0.05) is 39.2 Å². The van der Waals surface area contributed by atoms with Gasteiger partial charge in [0.2, 0.25) is 0 Å². The third-order valence-electron chi connectivity index (χ3n) is 1.60. The normalized spacial score (nSPS) is 9.29. The smallest absolute Gasteiger partial charge is 0.142 e. The third-order valence-corrected chi connectivity index (χ3v) is 1.60. The predicted molar refractivity (Wildman–Crippen MR) is 60.3 cm³/mol. The summed E-state index contributed by atoms with van der Waals surface area (Å²) in [6, 6.07) is 0. The molecule has 0 aliphatic carbocycles. The van der Waals surface area contributed by atoms with Gasteiger partial charge in [0.15, 0.2) is 0 Å². The summed E-state index contributed by atoms with van der Waals surface area (Å²) in [4.78, 5) is 19.3. The number of allylic oxidation sites excluding steroid dienone is 2. The molecule has 0 aromatic heterocycles. The average molecular weight is 198 g/mol. The first-order valence-electron chi connectivity index (χ1n) is 5.37. The lowest BCUT2D eigenvalue weighted by atomic mass is 10.2. The van der Waals surface area contributed by atoms with E-state index in [1.165, 1.54) is 18.9 Å². The van der Waals surface area contributed by atoms with Crippen molar-refractivity contribution in [1.82, 2.24) is 0 Å². The first-order chi connectivity index (χ1) is 6.83. The molecular weight excluding hydrogens is 176 g/mol. The summed E-state index contributed by atoms with van der Waals surface area (Å²) in [7, 11) is 0. The Kier molecular flexibility index (Phi) is 20.0. The molecule has 0 amide bonds. The van der Waals surface area contributed by atoms with Gasteiger partial charge in [0.1, 0.15) is 12.6 Å². The van der Waals surface area contributed by atoms with Gasteiger partial charge in [-0.25, -0.2) is 0 Å². The highest BCUT2D eigenvalue weighted by Crippen LogP contribution is 1.94. The number of rotatable bonds is 7. The van der Waals surface area contributed by atoms with Crippen molar-refractivity contribution in [2.75, 3.05) is 0 Å². The average Bonchev–Trinajstić information content (AvgIpc) is 2.21. The molecule has 0 bridgehead atoms. The number of unbranched alkanes of at least 4 members (excludes halogenated alkanes) is 4. The lowest BCUT2D eigenvalue weighted by Crippen LogP contribution is -1.73. The Balaban J connectivity index is 0. The van der Waals surface area contributed by atoms with E-state index in [0.717, 1.165) is 38.3 Å². The zero-order chi connectivity index (χ0) is 11.1. The van der Waals surface area contributed by atoms with Crippen molar-refractivity contribution in [2.45, 2.75) is 52.4 Å². The van der Waals surface area contributed by atoms with E-state index in [4.69, 9.17) is 0 Å². The topological polar surface area (TPSA) is 34.1 Å². The minimum absolute atomic E-state index is 0.744. The Morgan fingerprint density at radius 1 is 0.929 bits per heavy atom. The quantitative estimate of drug-likeness (QED) is 0.357. The Morgan fingerprint density at radius 3 is 2.07 bits per heavy atom. The number of hydrogen-bond acceptors (Lipinski definition) is 2. The van der Waals surface area contributed by atoms with E-state index >= 15 is 0 Å². The molecule has 0 atom stereocenters. The molecule has 82 valence electrons. The third kappa shape index (κ3) is 22.5. The van der Waals surface area contributed by atoms with Crippen LogP contribution in [0.1, 0.15) is 52.4 Å². The minimum Gasteiger partial charge on any atom is -0.303 e. The van der Waals surface area contributed by atoms with Crippen molar-refractivity contribution < 1.29 is 9.59 Å². The lowest BCUT2D eigenvalue weighted by molar-refractivity contribution is -0.108. The van der Waals surface area contributed by atoms with E-state index in [-0.39, 0.29) is 0 Å². The fourth-order valence-corrected chi connectivity index (χ4v) is 0.796. The largest absolute Gasteiger partial charge is 0.303 e. The summed E-state index contributed by atoms with van der Waals surface area (Å²) in [6.45, 7) is 4.21. The Labute approximate surface area is 87.4 Å². The molecule has 0 aromatic carbocycles. The van der Waals surface area contributed by atoms with Crippen LogP contribution in [0.5, 0.6) is 0 Å². The standard InChI is InChI=1S/C6H12O.C6H10O/c2*1-2-3-4-5-6-7/h6H,2-5H2,1H3;4-6H,2-3H2,1H3. The van der Waals surface area contributed by atoms with Gasteiger partial charge in [0.25, 0.3) is 0 Å². The van der Waals surface area contributed by atoms with Crippen LogP contribution in [0.25, 0.3) is 0 Å². The molecule has 0 spiro atoms. The highest BCUT2D eigenvalue weighted by molar-refractivity contribution is 5.64. The van der Waals surface area contributed by atoms with Crippen molar-refractivity contribution >= 4 is 12.6 Å². The number of hydrogen-bond donors (Lipinski definition) is 0. The van der Waals surface area contributed by atoms with E-state index < -0.39 is 0 Å². The van der Waals surface area contributed by atoms with Gasteiger partial charge in [-0.05, 0) is 18.9 Å². The lowest BCUT2D eigenvalue weighted by Gasteiger charge is -1.85. The van der Waals surface area contributed by atoms with Gasteiger partial charge < -0.3 is 4.79 Å². The Bertz CT molecular complexity index is 139. The summed E-state index contributed by atoms with van der Waals surface area (Å²) >= 11 is 0. The number of carbonyl (C=O) groups is 2. The van der Waals surface area contributed by atoms with Crippen LogP contribution in [0, 0.1) is 0 Å². The Hall–Kier alpha value is -0.920. The maximum Gasteiger partial charge on any atom is 0.142 e. The van der Waals surface area contributed by atoms with Crippen molar-refractivity contribution in [2.24, 2.45) is 0 Å². The van der Waals surface area contributed by atoms with Crippen LogP contribution in [0.2, 0.25) is 0 Å². The minimum atomic E-state index is 0.744. The van der Waals surface area contributed by atoms with Crippen LogP contribution in [-0.4, -0.2) is 12.6 Å². The highest BCUT2D eigenvalue weighted by atomic mass is 16.1. The van der Waals surface area contributed by atoms with Crippen LogP contribution in [0.3, 0.4) is 0 Å². The zero-order valence-corrected chi connectivity index (χ0v) is 9.37. The second kappa shape index (κ2) is 18.0. The maximum atomic E-state index is 9.68. The molecule has 2 heteroatoms. The van der Waals surface area contributed by atoms with Crippen LogP contribution < -0.4 is 0 Å². The molecule has 0 saturated carbocycles. The molecule has 0 rings (SSSR count). The monoisotopic (exact) mass is 198 g/mol. The van der Waals surface area contributed by atoms with E-state index in [9.17, 15) is 9.59 Å². The van der Waals surface area contributed by atoms with Crippen molar-refractivity contribution in [3.63, 3.8) is 0 Å². The van der Waals surface area contributed by atoms with E-state index in [0.29, 0.717) is 0 Å². The second-order valence-corrected chi connectivity index (χ2v) is 3.02. The van der Waals surface area contributed by atoms with Crippen molar-refractivity contribution in [3.05, 3.63) is 12.2 Å². The summed E-state index contributed by atoms with van der Waals surface area (Å²) < 4.78 is 0. The van der Waals surface area contributed by atoms with Gasteiger partial charge in [-0.2, -0.15) is 0 Å². The SMILES string of the molecule is CCCC=CC=O.CCCCCC=O. The van der Waals surface area contributed by atoms with Crippen LogP contribution in [0.15, 0.2) is 12.2 Å². The molecule has 0 unspecified atom stereocenters. The van der Waals surface area contributed by atoms with E-state index in [1.54, 1.807) is 0 Å². The molecule has 0 N–H and O–H groups in total. The fraction of sp³-hybridized carbons (Fsp3) is 0.667. The van der Waals surface area contributed by atoms with Crippen LogP contribution in [-0.2, 0) is 9.59 Å². The number of carbonyl (C=O) groups excluding carboxylic acids is 2. The highest BCUT2D eigenvalue weighted by Gasteiger charge is 1.80. The van der Waals surface area contributed by atoms with Gasteiger partial charge in [-0.3, -0.25) is 4.79 Å². The summed E-state index contributed by atoms with van der Waals surface area (Å²) in [6.07, 6.45) is 11.5. The first kappa shape index (κ1) is 15.5. The van der Waals surface area contributed by atoms with Crippen molar-refractivity contribution in [1.29, 1.82) is 0 Å². The van der Waals surface area contributed by atoms with E-state index in [2.05, 4.69) is 13.8 Å². The molecule has 2 nitrogen and oxygen atoms in total. The summed E-state index contributed by atoms with van der Waals surface area (Å²) in [5.41, 5.74) is 0. The van der Waals surface area contributed by atoms with Crippen LogP contribution >= 0.6 is 0 Å². The Morgan fingerprint density at radius 2 is 1.64 bits per heavy atom. The molecule has 0 aromatic rings. The van der Waals surface area contributed by atoms with E-state index in [1.807, 2.05) is 6.08 Å². The van der Waals surface area contributed by atoms with Gasteiger partial charge in [0, 0.05) is 6.42 Å². The second-order valence-electron chi connectivity index (χ2n) is 3.02. The number of aldehydes is 2. The van der Waals surface area contributed by atoms with Gasteiger partial charge >= 0.3 is 0 Å². The molecule has 0 fully saturated rings. The summed E-state index contributed by atoms with van der Waals surface area (Å²) in [5.74, 6) is 0. The molecule has 0 aliphatic heterocycles.